The van der Waals surface area contributed by atoms with Crippen molar-refractivity contribution in [3.05, 3.63) is 71.8 Å². The summed E-state index contributed by atoms with van der Waals surface area (Å²) in [6.45, 7) is 25.1. The van der Waals surface area contributed by atoms with E-state index in [9.17, 15) is 0 Å². The molecule has 4 rings (SSSR count). The van der Waals surface area contributed by atoms with Crippen LogP contribution in [-0.4, -0.2) is 52.7 Å². The molecule has 1 saturated heterocycles. The first kappa shape index (κ1) is 30.6. The van der Waals surface area contributed by atoms with Gasteiger partial charge in [0.15, 0.2) is 16.6 Å². The van der Waals surface area contributed by atoms with Crippen LogP contribution >= 0.6 is 0 Å². The van der Waals surface area contributed by atoms with Gasteiger partial charge in [0.1, 0.15) is 6.10 Å². The van der Waals surface area contributed by atoms with E-state index >= 15 is 0 Å². The quantitative estimate of drug-likeness (QED) is 0.273. The van der Waals surface area contributed by atoms with Crippen LogP contribution in [0.4, 0.5) is 0 Å². The van der Waals surface area contributed by atoms with Crippen LogP contribution < -0.4 is 0 Å². The van der Waals surface area contributed by atoms with Gasteiger partial charge in [-0.05, 0) is 47.4 Å². The molecule has 39 heavy (non-hydrogen) atoms. The van der Waals surface area contributed by atoms with Crippen molar-refractivity contribution in [3.63, 3.8) is 0 Å². The maximum atomic E-state index is 7.19. The van der Waals surface area contributed by atoms with Crippen LogP contribution in [0.1, 0.15) is 52.7 Å². The maximum Gasteiger partial charge on any atom is 0.192 e. The standard InChI is InChI=1S/C32H51NO4Si2/c1-31(2,3)38(7,8)36-29-27-26(23-34-22-25-19-15-12-16-20-25)35-33(21-24-17-13-11-14-18-24)28(27)30(29)37-39(9,10)32(4,5)6/h11-20,26-30H,21-23H2,1-10H3/t26-,27+,28-,29+,30+/m1/s1. The second-order valence-electron chi connectivity index (χ2n) is 14.5. The van der Waals surface area contributed by atoms with E-state index in [1.54, 1.807) is 0 Å². The van der Waals surface area contributed by atoms with Crippen molar-refractivity contribution in [3.8, 4) is 0 Å². The summed E-state index contributed by atoms with van der Waals surface area (Å²) in [6.07, 6.45) is -0.0968. The van der Waals surface area contributed by atoms with Gasteiger partial charge in [-0.15, -0.1) is 0 Å². The second-order valence-corrected chi connectivity index (χ2v) is 24.0. The molecule has 0 aromatic heterocycles. The van der Waals surface area contributed by atoms with E-state index in [1.807, 2.05) is 6.07 Å². The predicted octanol–water partition coefficient (Wildman–Crippen LogP) is 7.80. The van der Waals surface area contributed by atoms with Gasteiger partial charge < -0.3 is 13.6 Å². The highest BCUT2D eigenvalue weighted by Crippen LogP contribution is 2.52. The molecule has 0 spiro atoms. The number of hydroxylamine groups is 2. The molecule has 0 N–H and O–H groups in total. The third kappa shape index (κ3) is 6.77. The molecule has 0 bridgehead atoms. The van der Waals surface area contributed by atoms with Crippen LogP contribution in [0.5, 0.6) is 0 Å². The lowest BCUT2D eigenvalue weighted by Crippen LogP contribution is -2.70. The molecule has 0 amide bonds. The Bertz CT molecular complexity index is 1070. The van der Waals surface area contributed by atoms with Gasteiger partial charge >= 0.3 is 0 Å². The average molecular weight is 570 g/mol. The number of fused-ring (bicyclic) bond motifs is 1. The van der Waals surface area contributed by atoms with Crippen molar-refractivity contribution in [2.24, 2.45) is 5.92 Å². The van der Waals surface area contributed by atoms with Gasteiger partial charge in [0.2, 0.25) is 0 Å². The molecular formula is C32H51NO4Si2. The first-order valence-corrected chi connectivity index (χ1v) is 20.4. The molecule has 2 aromatic rings. The summed E-state index contributed by atoms with van der Waals surface area (Å²) in [5.41, 5.74) is 2.41. The van der Waals surface area contributed by atoms with E-state index in [-0.39, 0.29) is 40.3 Å². The minimum atomic E-state index is -2.05. The van der Waals surface area contributed by atoms with Gasteiger partial charge in [-0.25, -0.2) is 0 Å². The molecule has 1 aliphatic carbocycles. The summed E-state index contributed by atoms with van der Waals surface area (Å²) in [6, 6.07) is 21.1. The van der Waals surface area contributed by atoms with Crippen LogP contribution in [0.15, 0.2) is 60.7 Å². The number of hydrogen-bond acceptors (Lipinski definition) is 5. The molecule has 2 fully saturated rings. The number of ether oxygens (including phenoxy) is 1. The maximum absolute atomic E-state index is 7.19. The summed E-state index contributed by atoms with van der Waals surface area (Å²) < 4.78 is 20.6. The normalized spacial score (nSPS) is 26.4. The first-order chi connectivity index (χ1) is 18.1. The topological polar surface area (TPSA) is 40.2 Å². The summed E-state index contributed by atoms with van der Waals surface area (Å²) in [5.74, 6) is 0.202. The molecule has 0 unspecified atom stereocenters. The Hall–Kier alpha value is -1.33. The number of benzene rings is 2. The highest BCUT2D eigenvalue weighted by molar-refractivity contribution is 6.74. The highest BCUT2D eigenvalue weighted by Gasteiger charge is 2.65. The van der Waals surface area contributed by atoms with Crippen molar-refractivity contribution in [2.75, 3.05) is 6.61 Å². The van der Waals surface area contributed by atoms with Gasteiger partial charge in [-0.2, -0.15) is 5.06 Å². The molecule has 2 aliphatic rings. The molecule has 7 heteroatoms. The Morgan fingerprint density at radius 2 is 1.21 bits per heavy atom. The largest absolute Gasteiger partial charge is 0.411 e. The number of rotatable bonds is 10. The summed E-state index contributed by atoms with van der Waals surface area (Å²) in [4.78, 5) is 6.73. The minimum Gasteiger partial charge on any atom is -0.411 e. The lowest BCUT2D eigenvalue weighted by Gasteiger charge is -2.56. The fraction of sp³-hybridized carbons (Fsp3) is 0.625. The fourth-order valence-corrected chi connectivity index (χ4v) is 7.65. The number of hydrogen-bond donors (Lipinski definition) is 0. The molecule has 216 valence electrons. The van der Waals surface area contributed by atoms with Crippen LogP contribution in [0.3, 0.4) is 0 Å². The molecular weight excluding hydrogens is 519 g/mol. The smallest absolute Gasteiger partial charge is 0.192 e. The van der Waals surface area contributed by atoms with Crippen LogP contribution in [0.2, 0.25) is 36.3 Å². The predicted molar refractivity (Wildman–Crippen MR) is 164 cm³/mol. The van der Waals surface area contributed by atoms with Crippen molar-refractivity contribution in [2.45, 2.75) is 115 Å². The van der Waals surface area contributed by atoms with E-state index in [0.717, 1.165) is 6.54 Å². The van der Waals surface area contributed by atoms with Gasteiger partial charge in [0, 0.05) is 12.5 Å². The van der Waals surface area contributed by atoms with Crippen LogP contribution in [0, 0.1) is 5.92 Å². The Labute approximate surface area is 239 Å². The SMILES string of the molecule is CC(C)(C)[Si](C)(C)O[C@@H]1[C@@H](O[Si](C)(C)C(C)(C)C)[C@H]2[C@@H]1[C@@H](COCc1ccccc1)ON2Cc1ccccc1. The molecule has 1 saturated carbocycles. The summed E-state index contributed by atoms with van der Waals surface area (Å²) >= 11 is 0. The van der Waals surface area contributed by atoms with Gasteiger partial charge in [0.25, 0.3) is 0 Å². The Balaban J connectivity index is 1.62. The molecule has 1 heterocycles. The molecule has 0 radical (unpaired) electrons. The molecule has 5 nitrogen and oxygen atoms in total. The lowest BCUT2D eigenvalue weighted by atomic mass is 9.71. The van der Waals surface area contributed by atoms with E-state index in [4.69, 9.17) is 18.4 Å². The molecule has 2 aromatic carbocycles. The zero-order valence-corrected chi connectivity index (χ0v) is 27.9. The molecule has 1 aliphatic heterocycles. The van der Waals surface area contributed by atoms with Gasteiger partial charge in [-0.1, -0.05) is 102 Å². The third-order valence-electron chi connectivity index (χ3n) is 9.52. The lowest BCUT2D eigenvalue weighted by molar-refractivity contribution is -0.198. The zero-order chi connectivity index (χ0) is 28.6. The fourth-order valence-electron chi connectivity index (χ4n) is 5.01. The van der Waals surface area contributed by atoms with Crippen molar-refractivity contribution < 1.29 is 18.4 Å². The summed E-state index contributed by atoms with van der Waals surface area (Å²) in [7, 11) is -4.10. The van der Waals surface area contributed by atoms with Crippen LogP contribution in [0.25, 0.3) is 0 Å². The second kappa shape index (κ2) is 11.5. The molecule has 5 atom stereocenters. The van der Waals surface area contributed by atoms with E-state index in [2.05, 4.69) is 127 Å². The Morgan fingerprint density at radius 1 is 0.718 bits per heavy atom. The van der Waals surface area contributed by atoms with Crippen molar-refractivity contribution in [1.82, 2.24) is 5.06 Å². The average Bonchev–Trinajstić information content (AvgIpc) is 3.14. The van der Waals surface area contributed by atoms with Crippen molar-refractivity contribution in [1.29, 1.82) is 0 Å². The van der Waals surface area contributed by atoms with Crippen LogP contribution in [-0.2, 0) is 31.6 Å². The third-order valence-corrected chi connectivity index (χ3v) is 18.5. The van der Waals surface area contributed by atoms with Gasteiger partial charge in [-0.3, -0.25) is 4.84 Å². The first-order valence-electron chi connectivity index (χ1n) is 14.6. The Kier molecular flexibility index (Phi) is 9.04. The van der Waals surface area contributed by atoms with Gasteiger partial charge in [0.05, 0.1) is 31.5 Å². The highest BCUT2D eigenvalue weighted by atomic mass is 28.4. The van der Waals surface area contributed by atoms with Crippen molar-refractivity contribution >= 4 is 16.6 Å². The van der Waals surface area contributed by atoms with E-state index < -0.39 is 16.6 Å². The summed E-state index contributed by atoms with van der Waals surface area (Å²) in [5, 5.41) is 2.41. The monoisotopic (exact) mass is 569 g/mol. The van der Waals surface area contributed by atoms with E-state index in [1.165, 1.54) is 11.1 Å². The van der Waals surface area contributed by atoms with E-state index in [0.29, 0.717) is 13.2 Å². The minimum absolute atomic E-state index is 0.00360. The Morgan fingerprint density at radius 3 is 1.72 bits per heavy atom. The number of nitrogens with zero attached hydrogens (tertiary/aromatic N) is 1. The zero-order valence-electron chi connectivity index (χ0n) is 25.9.